The van der Waals surface area contributed by atoms with Gasteiger partial charge in [-0.1, -0.05) is 11.8 Å². The van der Waals surface area contributed by atoms with Crippen molar-refractivity contribution < 1.29 is 4.42 Å². The van der Waals surface area contributed by atoms with Crippen LogP contribution in [0.3, 0.4) is 0 Å². The van der Waals surface area contributed by atoms with Gasteiger partial charge in [-0.25, -0.2) is 15.0 Å². The van der Waals surface area contributed by atoms with Crippen molar-refractivity contribution in [2.75, 3.05) is 23.9 Å². The van der Waals surface area contributed by atoms with Crippen molar-refractivity contribution in [2.45, 2.75) is 18.6 Å². The maximum Gasteiger partial charge on any atom is 0.213 e. The Morgan fingerprint density at radius 3 is 2.72 bits per heavy atom. The highest BCUT2D eigenvalue weighted by Gasteiger charge is 2.05. The molecule has 2 N–H and O–H groups in total. The van der Waals surface area contributed by atoms with Crippen LogP contribution in [0.4, 0.5) is 11.6 Å². The van der Waals surface area contributed by atoms with Crippen molar-refractivity contribution in [2.24, 2.45) is 0 Å². The Morgan fingerprint density at radius 1 is 1.33 bits per heavy atom. The molecule has 0 radical (unpaired) electrons. The Balaban J connectivity index is 2.08. The van der Waals surface area contributed by atoms with Gasteiger partial charge in [-0.3, -0.25) is 0 Å². The first-order valence-electron chi connectivity index (χ1n) is 5.47. The van der Waals surface area contributed by atoms with E-state index < -0.39 is 0 Å². The van der Waals surface area contributed by atoms with Gasteiger partial charge in [0, 0.05) is 13.1 Å². The average molecular weight is 265 g/mol. The summed E-state index contributed by atoms with van der Waals surface area (Å²) in [5.41, 5.74) is 0. The summed E-state index contributed by atoms with van der Waals surface area (Å²) in [4.78, 5) is 12.8. The van der Waals surface area contributed by atoms with Crippen molar-refractivity contribution in [3.63, 3.8) is 0 Å². The van der Waals surface area contributed by atoms with E-state index in [1.807, 2.05) is 26.3 Å². The first kappa shape index (κ1) is 12.7. The zero-order valence-electron chi connectivity index (χ0n) is 10.5. The molecule has 0 aliphatic carbocycles. The molecule has 0 aliphatic rings. The lowest BCUT2D eigenvalue weighted by Gasteiger charge is -2.07. The molecule has 2 rings (SSSR count). The molecule has 0 spiro atoms. The third kappa shape index (κ3) is 3.13. The van der Waals surface area contributed by atoms with E-state index in [0.717, 1.165) is 17.4 Å². The lowest BCUT2D eigenvalue weighted by molar-refractivity contribution is 0.478. The number of aryl methyl sites for hydroxylation is 1. The third-order valence-electron chi connectivity index (χ3n) is 2.23. The average Bonchev–Trinajstić information content (AvgIpc) is 2.81. The number of nitrogens with zero attached hydrogens (tertiary/aromatic N) is 3. The smallest absolute Gasteiger partial charge is 0.213 e. The summed E-state index contributed by atoms with van der Waals surface area (Å²) < 4.78 is 5.38. The monoisotopic (exact) mass is 265 g/mol. The van der Waals surface area contributed by atoms with Crippen LogP contribution in [0.15, 0.2) is 21.8 Å². The van der Waals surface area contributed by atoms with Crippen LogP contribution in [0.25, 0.3) is 0 Å². The fraction of sp³-hybridized carbons (Fsp3) is 0.364. The van der Waals surface area contributed by atoms with Gasteiger partial charge in [0.25, 0.3) is 0 Å². The minimum Gasteiger partial charge on any atom is -0.444 e. The number of thioether (sulfide) groups is 1. The summed E-state index contributed by atoms with van der Waals surface area (Å²) in [5.74, 6) is 2.97. The highest BCUT2D eigenvalue weighted by Crippen LogP contribution is 2.17. The summed E-state index contributed by atoms with van der Waals surface area (Å²) >= 11 is 1.50. The van der Waals surface area contributed by atoms with Crippen molar-refractivity contribution in [3.8, 4) is 0 Å². The highest BCUT2D eigenvalue weighted by atomic mass is 32.2. The predicted molar refractivity (Wildman–Crippen MR) is 71.9 cm³/mol. The third-order valence-corrected chi connectivity index (χ3v) is 2.78. The highest BCUT2D eigenvalue weighted by molar-refractivity contribution is 7.98. The van der Waals surface area contributed by atoms with E-state index in [1.165, 1.54) is 11.8 Å². The number of nitrogens with one attached hydrogen (secondary N) is 2. The molecular formula is C11H15N5OS. The first-order valence-corrected chi connectivity index (χ1v) is 6.69. The fourth-order valence-corrected chi connectivity index (χ4v) is 1.76. The van der Waals surface area contributed by atoms with Crippen molar-refractivity contribution in [3.05, 3.63) is 23.9 Å². The summed E-state index contributed by atoms with van der Waals surface area (Å²) in [6, 6.07) is 1.84. The topological polar surface area (TPSA) is 75.9 Å². The maximum atomic E-state index is 5.38. The van der Waals surface area contributed by atoms with Crippen LogP contribution in [0, 0.1) is 6.92 Å². The summed E-state index contributed by atoms with van der Waals surface area (Å²) in [7, 11) is 1.83. The number of hydrogen-bond donors (Lipinski definition) is 2. The van der Waals surface area contributed by atoms with E-state index in [9.17, 15) is 0 Å². The molecule has 0 fully saturated rings. The van der Waals surface area contributed by atoms with Crippen LogP contribution >= 0.6 is 11.8 Å². The second-order valence-corrected chi connectivity index (χ2v) is 4.37. The molecular weight excluding hydrogens is 250 g/mol. The fourth-order valence-electron chi connectivity index (χ4n) is 1.38. The molecule has 0 saturated heterocycles. The Morgan fingerprint density at radius 2 is 2.11 bits per heavy atom. The van der Waals surface area contributed by atoms with Gasteiger partial charge in [0.05, 0.1) is 12.7 Å². The van der Waals surface area contributed by atoms with Gasteiger partial charge in [-0.2, -0.15) is 0 Å². The Labute approximate surface area is 110 Å². The zero-order valence-corrected chi connectivity index (χ0v) is 11.3. The predicted octanol–water partition coefficient (Wildman–Crippen LogP) is 2.15. The van der Waals surface area contributed by atoms with Gasteiger partial charge in [0.2, 0.25) is 5.89 Å². The maximum absolute atomic E-state index is 5.38. The van der Waals surface area contributed by atoms with E-state index in [1.54, 1.807) is 6.20 Å². The van der Waals surface area contributed by atoms with Crippen molar-refractivity contribution in [1.82, 2.24) is 15.0 Å². The van der Waals surface area contributed by atoms with Crippen molar-refractivity contribution >= 4 is 23.4 Å². The minimum atomic E-state index is 0.502. The summed E-state index contributed by atoms with van der Waals surface area (Å²) in [6.45, 7) is 2.37. The Hall–Kier alpha value is -1.76. The second-order valence-electron chi connectivity index (χ2n) is 3.59. The van der Waals surface area contributed by atoms with Gasteiger partial charge < -0.3 is 15.1 Å². The minimum absolute atomic E-state index is 0.502. The molecule has 0 aliphatic heterocycles. The van der Waals surface area contributed by atoms with E-state index in [2.05, 4.69) is 25.6 Å². The quantitative estimate of drug-likeness (QED) is 0.633. The summed E-state index contributed by atoms with van der Waals surface area (Å²) in [6.07, 6.45) is 3.64. The number of rotatable bonds is 5. The first-order chi connectivity index (χ1) is 8.71. The molecule has 6 nitrogen and oxygen atoms in total. The number of hydrogen-bond acceptors (Lipinski definition) is 7. The lowest BCUT2D eigenvalue weighted by Crippen LogP contribution is -2.04. The van der Waals surface area contributed by atoms with E-state index in [4.69, 9.17) is 4.42 Å². The van der Waals surface area contributed by atoms with Gasteiger partial charge in [-0.15, -0.1) is 0 Å². The van der Waals surface area contributed by atoms with E-state index >= 15 is 0 Å². The molecule has 96 valence electrons. The van der Waals surface area contributed by atoms with Crippen LogP contribution in [0.1, 0.15) is 11.7 Å². The second kappa shape index (κ2) is 5.72. The molecule has 2 aromatic rings. The van der Waals surface area contributed by atoms with Crippen LogP contribution < -0.4 is 10.6 Å². The molecule has 0 atom stereocenters. The number of aromatic nitrogens is 3. The van der Waals surface area contributed by atoms with Gasteiger partial charge in [0.1, 0.15) is 17.4 Å². The van der Waals surface area contributed by atoms with Gasteiger partial charge >= 0.3 is 0 Å². The molecule has 0 saturated carbocycles. The molecule has 2 heterocycles. The molecule has 0 amide bonds. The van der Waals surface area contributed by atoms with Crippen LogP contribution in [-0.2, 0) is 6.54 Å². The van der Waals surface area contributed by atoms with Crippen LogP contribution in [0.5, 0.6) is 0 Å². The van der Waals surface area contributed by atoms with Gasteiger partial charge in [-0.05, 0) is 13.2 Å². The number of anilines is 2. The Kier molecular flexibility index (Phi) is 4.03. The SMILES string of the molecule is CNc1cc(NCc2ncc(C)o2)nc(SC)n1. The number of oxazole rings is 1. The molecule has 0 unspecified atom stereocenters. The van der Waals surface area contributed by atoms with Crippen molar-refractivity contribution in [1.29, 1.82) is 0 Å². The molecule has 2 aromatic heterocycles. The molecule has 7 heteroatoms. The van der Waals surface area contributed by atoms with Crippen LogP contribution in [0.2, 0.25) is 0 Å². The van der Waals surface area contributed by atoms with E-state index in [0.29, 0.717) is 17.6 Å². The molecule has 0 aromatic carbocycles. The Bertz CT molecular complexity index is 506. The lowest BCUT2D eigenvalue weighted by atomic mass is 10.5. The standard InChI is InChI=1S/C11H15N5OS/c1-7-5-14-10(17-7)6-13-9-4-8(12-2)15-11(16-9)18-3/h4-5H,6H2,1-3H3,(H2,12,13,15,16). The van der Waals surface area contributed by atoms with Crippen LogP contribution in [-0.4, -0.2) is 28.3 Å². The summed E-state index contributed by atoms with van der Waals surface area (Å²) in [5, 5.41) is 6.88. The molecule has 0 bridgehead atoms. The van der Waals surface area contributed by atoms with Gasteiger partial charge in [0.15, 0.2) is 5.16 Å². The molecule has 18 heavy (non-hydrogen) atoms. The zero-order chi connectivity index (χ0) is 13.0. The van der Waals surface area contributed by atoms with E-state index in [-0.39, 0.29) is 0 Å². The largest absolute Gasteiger partial charge is 0.444 e. The normalized spacial score (nSPS) is 10.4.